The van der Waals surface area contributed by atoms with Crippen LogP contribution in [0.25, 0.3) is 0 Å². The molecule has 0 N–H and O–H groups in total. The molecular weight excluding hydrogens is 632 g/mol. The maximum atomic E-state index is 12.3. The highest BCUT2D eigenvalue weighted by molar-refractivity contribution is 8.69. The van der Waals surface area contributed by atoms with Gasteiger partial charge < -0.3 is 33.9 Å². The van der Waals surface area contributed by atoms with E-state index in [9.17, 15) is 4.89 Å². The molecular formula is C42H77O2PS2-2. The Labute approximate surface area is 306 Å². The zero-order valence-corrected chi connectivity index (χ0v) is 33.9. The molecule has 0 saturated carbocycles. The Hall–Kier alpha value is 0.110. The van der Waals surface area contributed by atoms with E-state index in [2.05, 4.69) is 32.0 Å². The Morgan fingerprint density at radius 1 is 0.426 bits per heavy atom. The van der Waals surface area contributed by atoms with Crippen LogP contribution in [0.15, 0.2) is 18.2 Å². The van der Waals surface area contributed by atoms with E-state index in [0.29, 0.717) is 0 Å². The summed E-state index contributed by atoms with van der Waals surface area (Å²) in [5.41, 5.74) is 2.28. The average molecular weight is 709 g/mol. The maximum absolute atomic E-state index is 12.3. The molecule has 1 rings (SSSR count). The third-order valence-corrected chi connectivity index (χ3v) is 10.8. The molecule has 0 spiro atoms. The summed E-state index contributed by atoms with van der Waals surface area (Å²) in [7, 11) is 0. The van der Waals surface area contributed by atoms with Gasteiger partial charge >= 0.3 is 0 Å². The van der Waals surface area contributed by atoms with E-state index >= 15 is 0 Å². The normalized spacial score (nSPS) is 11.9. The van der Waals surface area contributed by atoms with Crippen LogP contribution < -0.4 is 9.42 Å². The van der Waals surface area contributed by atoms with Crippen LogP contribution in [0.5, 0.6) is 5.75 Å². The van der Waals surface area contributed by atoms with Crippen LogP contribution >= 0.6 is 6.12 Å². The van der Waals surface area contributed by atoms with Crippen molar-refractivity contribution < 1.29 is 9.42 Å². The predicted octanol–water partition coefficient (Wildman–Crippen LogP) is 14.8. The first-order valence-corrected chi connectivity index (χ1v) is 24.5. The largest absolute Gasteiger partial charge is 0.682 e. The first-order chi connectivity index (χ1) is 23.0. The molecule has 0 atom stereocenters. The van der Waals surface area contributed by atoms with Crippen LogP contribution in [0.4, 0.5) is 0 Å². The van der Waals surface area contributed by atoms with Crippen LogP contribution in [0.3, 0.4) is 0 Å². The van der Waals surface area contributed by atoms with E-state index in [1.165, 1.54) is 193 Å². The predicted molar refractivity (Wildman–Crippen MR) is 215 cm³/mol. The highest BCUT2D eigenvalue weighted by Gasteiger charge is 2.13. The fourth-order valence-electron chi connectivity index (χ4n) is 6.99. The number of unbranched alkanes of at least 4 members (excludes halogenated alkanes) is 30. The SMILES string of the molecule is CCCCCCCCCCCCCCCCCCc1cccc(CCCCCCCCCCCCCCCCCC)c1O[P+]([O-])([S-])[S-]. The fourth-order valence-corrected chi connectivity index (χ4v) is 7.89. The summed E-state index contributed by atoms with van der Waals surface area (Å²) in [6.45, 7) is 4.58. The Morgan fingerprint density at radius 3 is 0.894 bits per heavy atom. The second-order valence-electron chi connectivity index (χ2n) is 14.6. The second kappa shape index (κ2) is 33.3. The number of benzene rings is 1. The molecule has 0 unspecified atom stereocenters. The van der Waals surface area contributed by atoms with Crippen molar-refractivity contribution in [2.75, 3.05) is 0 Å². The summed E-state index contributed by atoms with van der Waals surface area (Å²) >= 11 is 10.1. The van der Waals surface area contributed by atoms with Gasteiger partial charge in [-0.3, -0.25) is 0 Å². The minimum Gasteiger partial charge on any atom is -0.682 e. The van der Waals surface area contributed by atoms with Gasteiger partial charge in [0.05, 0.1) is 0 Å². The number of rotatable bonds is 36. The first-order valence-electron chi connectivity index (χ1n) is 20.8. The number of hydrogen-bond donors (Lipinski definition) is 0. The van der Waals surface area contributed by atoms with E-state index in [4.69, 9.17) is 29.0 Å². The molecule has 0 bridgehead atoms. The lowest BCUT2D eigenvalue weighted by molar-refractivity contribution is -0.169. The molecule has 0 aliphatic carbocycles. The molecule has 5 heteroatoms. The summed E-state index contributed by atoms with van der Waals surface area (Å²) < 4.78 is 5.81. The van der Waals surface area contributed by atoms with Gasteiger partial charge in [-0.25, -0.2) is 0 Å². The van der Waals surface area contributed by atoms with Crippen molar-refractivity contribution >= 4 is 30.6 Å². The Balaban J connectivity index is 2.15. The van der Waals surface area contributed by atoms with Gasteiger partial charge in [0.1, 0.15) is 0 Å². The lowest BCUT2D eigenvalue weighted by Gasteiger charge is -2.43. The number of para-hydroxylation sites is 1. The molecule has 276 valence electrons. The number of hydrogen-bond acceptors (Lipinski definition) is 4. The molecule has 0 fully saturated rings. The highest BCUT2D eigenvalue weighted by Crippen LogP contribution is 2.48. The average Bonchev–Trinajstić information content (AvgIpc) is 3.04. The zero-order valence-electron chi connectivity index (χ0n) is 31.4. The van der Waals surface area contributed by atoms with Crippen LogP contribution in [0, 0.1) is 0 Å². The van der Waals surface area contributed by atoms with Crippen molar-refractivity contribution in [2.24, 2.45) is 0 Å². The summed E-state index contributed by atoms with van der Waals surface area (Å²) in [5, 5.41) is 0. The van der Waals surface area contributed by atoms with E-state index in [1.54, 1.807) is 0 Å². The van der Waals surface area contributed by atoms with E-state index < -0.39 is 6.12 Å². The van der Waals surface area contributed by atoms with Crippen molar-refractivity contribution in [3.8, 4) is 5.75 Å². The molecule has 2 nitrogen and oxygen atoms in total. The standard InChI is InChI=1S/C42H79O2PS2/c1-3-5-7-9-11-13-15-17-19-21-23-25-27-29-31-33-36-40-38-35-39-41(42(40)44-45(43,46)47)37-34-32-30-28-26-24-22-20-18-16-14-12-10-8-6-4-2/h35,38-39H,3-34,36-37H2,1-2H3,(H2,43,46,47)/p-2. The van der Waals surface area contributed by atoms with Crippen molar-refractivity contribution in [3.63, 3.8) is 0 Å². The van der Waals surface area contributed by atoms with Crippen molar-refractivity contribution in [2.45, 2.75) is 232 Å². The first kappa shape index (κ1) is 45.1. The number of aryl methyl sites for hydroxylation is 2. The van der Waals surface area contributed by atoms with E-state index in [-0.39, 0.29) is 0 Å². The third-order valence-electron chi connectivity index (χ3n) is 9.98. The minimum absolute atomic E-state index is 0.739. The maximum Gasteiger partial charge on any atom is 0.174 e. The molecule has 0 aliphatic rings. The molecule has 0 radical (unpaired) electrons. The Kier molecular flexibility index (Phi) is 31.9. The molecule has 0 aliphatic heterocycles. The van der Waals surface area contributed by atoms with E-state index in [0.717, 1.165) is 42.6 Å². The molecule has 0 heterocycles. The van der Waals surface area contributed by atoms with Gasteiger partial charge in [0.2, 0.25) is 0 Å². The smallest absolute Gasteiger partial charge is 0.174 e. The fraction of sp³-hybridized carbons (Fsp3) is 0.857. The van der Waals surface area contributed by atoms with Crippen LogP contribution in [0.1, 0.15) is 230 Å². The van der Waals surface area contributed by atoms with E-state index in [1.807, 2.05) is 0 Å². The second-order valence-corrected chi connectivity index (χ2v) is 19.2. The lowest BCUT2D eigenvalue weighted by Crippen LogP contribution is -2.12. The van der Waals surface area contributed by atoms with Gasteiger partial charge in [0.15, 0.2) is 5.75 Å². The van der Waals surface area contributed by atoms with Crippen molar-refractivity contribution in [1.29, 1.82) is 0 Å². The molecule has 1 aromatic carbocycles. The van der Waals surface area contributed by atoms with Gasteiger partial charge in [0, 0.05) is 0 Å². The molecule has 0 aromatic heterocycles. The summed E-state index contributed by atoms with van der Waals surface area (Å²) in [6.07, 6.45) is 42.4. The van der Waals surface area contributed by atoms with Crippen LogP contribution in [-0.4, -0.2) is 0 Å². The van der Waals surface area contributed by atoms with Crippen molar-refractivity contribution in [3.05, 3.63) is 29.3 Å². The molecule has 0 amide bonds. The third kappa shape index (κ3) is 29.5. The molecule has 47 heavy (non-hydrogen) atoms. The van der Waals surface area contributed by atoms with Crippen LogP contribution in [-0.2, 0) is 37.3 Å². The van der Waals surface area contributed by atoms with Gasteiger partial charge in [0.25, 0.3) is 0 Å². The summed E-state index contributed by atoms with van der Waals surface area (Å²) in [4.78, 5) is 12.3. The summed E-state index contributed by atoms with van der Waals surface area (Å²) in [5.74, 6) is 0.739. The van der Waals surface area contributed by atoms with Crippen molar-refractivity contribution in [1.82, 2.24) is 0 Å². The van der Waals surface area contributed by atoms with Gasteiger partial charge in [-0.15, -0.1) is 6.12 Å². The van der Waals surface area contributed by atoms with Gasteiger partial charge in [-0.2, -0.15) is 0 Å². The highest BCUT2D eigenvalue weighted by atomic mass is 33.1. The Morgan fingerprint density at radius 2 is 0.660 bits per heavy atom. The minimum atomic E-state index is -3.43. The quantitative estimate of drug-likeness (QED) is 0.0395. The van der Waals surface area contributed by atoms with Crippen LogP contribution in [0.2, 0.25) is 0 Å². The van der Waals surface area contributed by atoms with Gasteiger partial charge in [-0.1, -0.05) is 225 Å². The lowest BCUT2D eigenvalue weighted by atomic mass is 9.98. The van der Waals surface area contributed by atoms with Gasteiger partial charge in [-0.05, 0) is 36.8 Å². The Bertz CT molecular complexity index is 743. The molecule has 0 saturated heterocycles. The summed E-state index contributed by atoms with van der Waals surface area (Å²) in [6, 6.07) is 6.38. The zero-order chi connectivity index (χ0) is 34.1. The topological polar surface area (TPSA) is 32.3 Å². The monoisotopic (exact) mass is 709 g/mol. The molecule has 1 aromatic rings.